The summed E-state index contributed by atoms with van der Waals surface area (Å²) in [6.07, 6.45) is 8.24. The van der Waals surface area contributed by atoms with Gasteiger partial charge in [0.25, 0.3) is 0 Å². The second-order valence-corrected chi connectivity index (χ2v) is 13.6. The van der Waals surface area contributed by atoms with E-state index in [1.54, 1.807) is 20.8 Å². The average Bonchev–Trinajstić information content (AvgIpc) is 3.04. The molecule has 276 valence electrons. The van der Waals surface area contributed by atoms with Crippen LogP contribution in [0, 0.1) is 17.8 Å². The van der Waals surface area contributed by atoms with E-state index in [0.29, 0.717) is 12.8 Å². The second-order valence-electron chi connectivity index (χ2n) is 13.6. The molecule has 0 spiro atoms. The van der Waals surface area contributed by atoms with Crippen LogP contribution in [0.5, 0.6) is 0 Å². The summed E-state index contributed by atoms with van der Waals surface area (Å²) in [5.41, 5.74) is 0. The van der Waals surface area contributed by atoms with Crippen molar-refractivity contribution in [3.63, 3.8) is 0 Å². The molecule has 6 N–H and O–H groups in total. The van der Waals surface area contributed by atoms with Gasteiger partial charge in [0.2, 0.25) is 29.5 Å². The van der Waals surface area contributed by atoms with Gasteiger partial charge in [0, 0.05) is 7.05 Å². The number of aliphatic hydroxyl groups is 2. The van der Waals surface area contributed by atoms with Crippen LogP contribution in [0.1, 0.15) is 106 Å². The van der Waals surface area contributed by atoms with E-state index in [1.807, 2.05) is 13.8 Å². The molecule has 48 heavy (non-hydrogen) atoms. The average molecular weight is 684 g/mol. The van der Waals surface area contributed by atoms with E-state index in [1.165, 1.54) is 31.2 Å². The van der Waals surface area contributed by atoms with Crippen LogP contribution in [-0.4, -0.2) is 108 Å². The first-order valence-electron chi connectivity index (χ1n) is 17.5. The second kappa shape index (κ2) is 22.4. The van der Waals surface area contributed by atoms with Crippen LogP contribution in [0.4, 0.5) is 0 Å². The molecule has 0 aromatic heterocycles. The molecule has 14 heteroatoms. The van der Waals surface area contributed by atoms with Crippen LogP contribution in [0.3, 0.4) is 0 Å². The maximum Gasteiger partial charge on any atom is 0.325 e. The zero-order valence-corrected chi connectivity index (χ0v) is 30.0. The molecule has 1 fully saturated rings. The van der Waals surface area contributed by atoms with Gasteiger partial charge < -0.3 is 41.1 Å². The maximum absolute atomic E-state index is 13.9. The third-order valence-corrected chi connectivity index (χ3v) is 8.67. The van der Waals surface area contributed by atoms with Crippen molar-refractivity contribution in [3.05, 3.63) is 0 Å². The summed E-state index contributed by atoms with van der Waals surface area (Å²) in [6, 6.07) is -5.11. The number of hydrogen-bond acceptors (Lipinski definition) is 9. The number of cyclic esters (lactones) is 1. The summed E-state index contributed by atoms with van der Waals surface area (Å²) in [6.45, 7) is 8.74. The highest BCUT2D eigenvalue weighted by molar-refractivity contribution is 5.96. The number of hydrogen-bond donors (Lipinski definition) is 6. The van der Waals surface area contributed by atoms with E-state index in [0.717, 1.165) is 25.7 Å². The minimum absolute atomic E-state index is 0.00395. The predicted octanol–water partition coefficient (Wildman–Crippen LogP) is 1.16. The summed E-state index contributed by atoms with van der Waals surface area (Å²) >= 11 is 0. The number of carbonyl (C=O) groups excluding carboxylic acids is 6. The fraction of sp³-hybridized carbons (Fsp3) is 0.824. The van der Waals surface area contributed by atoms with Crippen molar-refractivity contribution in [2.24, 2.45) is 17.8 Å². The van der Waals surface area contributed by atoms with Gasteiger partial charge in [0.05, 0.1) is 19.1 Å². The van der Waals surface area contributed by atoms with Crippen LogP contribution in [-0.2, 0) is 33.5 Å². The highest BCUT2D eigenvalue weighted by atomic mass is 16.5. The lowest BCUT2D eigenvalue weighted by Gasteiger charge is -2.34. The number of rotatable bonds is 14. The van der Waals surface area contributed by atoms with Gasteiger partial charge in [-0.3, -0.25) is 28.8 Å². The van der Waals surface area contributed by atoms with E-state index in [-0.39, 0.29) is 12.3 Å². The number of nitrogens with one attached hydrogen (secondary N) is 4. The smallest absolute Gasteiger partial charge is 0.325 e. The number of carbonyl (C=O) groups is 6. The standard InChI is InChI=1S/C34H61N5O9/c1-8-9-10-11-12-13-14-15-16-27-23(6)34(47)39(7)26(17-21(2)3)32(45)38-29(22(4)5)33(46)37-25(20-41)31(44)36-24(19-40)30(43)35-18-28(42)48-27/h21-27,29,40-41H,8-20H2,1-7H3,(H,35,43)(H,36,44)(H,37,46)(H,38,45)/t23-,24+,25+,26+,27-,29+/m1/s1. The molecular weight excluding hydrogens is 622 g/mol. The number of aliphatic hydroxyl groups excluding tert-OH is 2. The quantitative estimate of drug-likeness (QED) is 0.115. The van der Waals surface area contributed by atoms with Crippen molar-refractivity contribution in [1.29, 1.82) is 0 Å². The van der Waals surface area contributed by atoms with E-state index >= 15 is 0 Å². The van der Waals surface area contributed by atoms with Gasteiger partial charge >= 0.3 is 5.97 Å². The molecule has 0 radical (unpaired) electrons. The molecule has 1 aliphatic rings. The van der Waals surface area contributed by atoms with Crippen LogP contribution in [0.25, 0.3) is 0 Å². The highest BCUT2D eigenvalue weighted by Crippen LogP contribution is 2.22. The van der Waals surface area contributed by atoms with Crippen molar-refractivity contribution in [2.45, 2.75) is 136 Å². The summed E-state index contributed by atoms with van der Waals surface area (Å²) < 4.78 is 5.75. The van der Waals surface area contributed by atoms with Crippen molar-refractivity contribution in [3.8, 4) is 0 Å². The van der Waals surface area contributed by atoms with E-state index in [2.05, 4.69) is 28.2 Å². The molecule has 0 aromatic carbocycles. The largest absolute Gasteiger partial charge is 0.460 e. The van der Waals surface area contributed by atoms with E-state index < -0.39 is 97.4 Å². The summed E-state index contributed by atoms with van der Waals surface area (Å²) in [7, 11) is 1.51. The molecule has 14 nitrogen and oxygen atoms in total. The summed E-state index contributed by atoms with van der Waals surface area (Å²) in [4.78, 5) is 80.9. The molecule has 0 unspecified atom stereocenters. The van der Waals surface area contributed by atoms with E-state index in [4.69, 9.17) is 4.74 Å². The van der Waals surface area contributed by atoms with Gasteiger partial charge in [0.1, 0.15) is 36.8 Å². The van der Waals surface area contributed by atoms with Crippen LogP contribution < -0.4 is 21.3 Å². The lowest BCUT2D eigenvalue weighted by molar-refractivity contribution is -0.157. The van der Waals surface area contributed by atoms with Gasteiger partial charge in [-0.15, -0.1) is 0 Å². The third kappa shape index (κ3) is 14.5. The number of esters is 1. The maximum atomic E-state index is 13.9. The topological polar surface area (TPSA) is 203 Å². The molecule has 1 heterocycles. The predicted molar refractivity (Wildman–Crippen MR) is 180 cm³/mol. The van der Waals surface area contributed by atoms with Gasteiger partial charge in [-0.2, -0.15) is 0 Å². The van der Waals surface area contributed by atoms with Crippen LogP contribution >= 0.6 is 0 Å². The number of amides is 5. The minimum Gasteiger partial charge on any atom is -0.460 e. The molecule has 0 aromatic rings. The van der Waals surface area contributed by atoms with Gasteiger partial charge in [-0.25, -0.2) is 0 Å². The normalized spacial score (nSPS) is 25.9. The monoisotopic (exact) mass is 683 g/mol. The summed E-state index contributed by atoms with van der Waals surface area (Å²) in [5, 5.41) is 29.4. The third-order valence-electron chi connectivity index (χ3n) is 8.67. The number of ether oxygens (including phenoxy) is 1. The molecule has 1 saturated heterocycles. The highest BCUT2D eigenvalue weighted by Gasteiger charge is 2.37. The van der Waals surface area contributed by atoms with Crippen molar-refractivity contribution in [1.82, 2.24) is 26.2 Å². The van der Waals surface area contributed by atoms with Gasteiger partial charge in [-0.05, 0) is 31.1 Å². The Bertz CT molecular complexity index is 1050. The Morgan fingerprint density at radius 3 is 1.85 bits per heavy atom. The van der Waals surface area contributed by atoms with Gasteiger partial charge in [0.15, 0.2) is 0 Å². The fourth-order valence-electron chi connectivity index (χ4n) is 5.61. The molecule has 0 aliphatic carbocycles. The Morgan fingerprint density at radius 2 is 1.31 bits per heavy atom. The number of nitrogens with zero attached hydrogens (tertiary/aromatic N) is 1. The van der Waals surface area contributed by atoms with Gasteiger partial charge in [-0.1, -0.05) is 86.5 Å². The zero-order valence-electron chi connectivity index (χ0n) is 30.0. The Balaban J connectivity index is 3.41. The Kier molecular flexibility index (Phi) is 19.9. The van der Waals surface area contributed by atoms with Crippen LogP contribution in [0.15, 0.2) is 0 Å². The molecule has 6 atom stereocenters. The molecule has 1 rings (SSSR count). The summed E-state index contributed by atoms with van der Waals surface area (Å²) in [5.74, 6) is -5.70. The molecule has 5 amide bonds. The molecule has 0 saturated carbocycles. The Morgan fingerprint density at radius 1 is 0.771 bits per heavy atom. The SMILES string of the molecule is CCCCCCCCCC[C@H]1OC(=O)CNC(=O)[C@H](CO)NC(=O)[C@H](CO)NC(=O)[C@H](C(C)C)NC(=O)[C@H](CC(C)C)N(C)C(=O)[C@@H]1C. The fourth-order valence-corrected chi connectivity index (χ4v) is 5.61. The van der Waals surface area contributed by atoms with Crippen molar-refractivity contribution in [2.75, 3.05) is 26.8 Å². The first-order chi connectivity index (χ1) is 22.7. The minimum atomic E-state index is -1.52. The first-order valence-corrected chi connectivity index (χ1v) is 17.5. The number of likely N-dealkylation sites (N-methyl/N-ethyl adjacent to an activating group) is 1. The lowest BCUT2D eigenvalue weighted by atomic mass is 9.94. The first kappa shape index (κ1) is 42.8. The zero-order chi connectivity index (χ0) is 36.4. The van der Waals surface area contributed by atoms with Crippen molar-refractivity contribution >= 4 is 35.5 Å². The Labute approximate surface area is 285 Å². The van der Waals surface area contributed by atoms with Crippen molar-refractivity contribution < 1.29 is 43.7 Å². The molecular formula is C34H61N5O9. The molecule has 0 bridgehead atoms. The molecule has 1 aliphatic heterocycles. The van der Waals surface area contributed by atoms with Crippen LogP contribution in [0.2, 0.25) is 0 Å². The lowest BCUT2D eigenvalue weighted by Crippen LogP contribution is -2.60. The Hall–Kier alpha value is -3.26. The number of unbranched alkanes of at least 4 members (excludes halogenated alkanes) is 7. The van der Waals surface area contributed by atoms with E-state index in [9.17, 15) is 39.0 Å².